The number of aliphatic hydroxyl groups excluding tert-OH is 1. The number of methoxy groups -OCH3 is 1. The Bertz CT molecular complexity index is 462. The molecular weight excluding hydrogens is 278 g/mol. The number of aliphatic hydroxyl groups is 1. The summed E-state index contributed by atoms with van der Waals surface area (Å²) in [5.74, 6) is 0.585. The molecule has 0 aromatic heterocycles. The third-order valence-electron chi connectivity index (χ3n) is 5.17. The van der Waals surface area contributed by atoms with E-state index in [2.05, 4.69) is 17.0 Å². The molecule has 4 nitrogen and oxygen atoms in total. The van der Waals surface area contributed by atoms with Gasteiger partial charge in [-0.25, -0.2) is 0 Å². The first-order valence-corrected chi connectivity index (χ1v) is 8.35. The predicted octanol–water partition coefficient (Wildman–Crippen LogP) is 2.19. The topological polar surface area (TPSA) is 41.9 Å². The van der Waals surface area contributed by atoms with E-state index in [1.807, 2.05) is 19.2 Å². The van der Waals surface area contributed by atoms with E-state index in [4.69, 9.17) is 14.6 Å². The van der Waals surface area contributed by atoms with E-state index in [1.165, 1.54) is 24.8 Å². The van der Waals surface area contributed by atoms with Crippen molar-refractivity contribution in [2.24, 2.45) is 5.92 Å². The summed E-state index contributed by atoms with van der Waals surface area (Å²) >= 11 is 0. The van der Waals surface area contributed by atoms with Gasteiger partial charge in [-0.1, -0.05) is 30.7 Å². The summed E-state index contributed by atoms with van der Waals surface area (Å²) in [6.07, 6.45) is 4.06. The third kappa shape index (κ3) is 3.51. The minimum atomic E-state index is 0.109. The molecule has 0 spiro atoms. The van der Waals surface area contributed by atoms with Crippen LogP contribution in [0, 0.1) is 5.92 Å². The molecule has 0 bridgehead atoms. The molecule has 1 aliphatic carbocycles. The number of hydrogen-bond acceptors (Lipinski definition) is 4. The minimum Gasteiger partial charge on any atom is -0.392 e. The molecule has 1 aromatic carbocycles. The molecule has 3 rings (SSSR count). The Hall–Kier alpha value is -0.940. The van der Waals surface area contributed by atoms with Crippen LogP contribution in [0.1, 0.15) is 30.4 Å². The minimum absolute atomic E-state index is 0.109. The van der Waals surface area contributed by atoms with Gasteiger partial charge in [0.25, 0.3) is 0 Å². The Morgan fingerprint density at radius 1 is 1.23 bits per heavy atom. The highest BCUT2D eigenvalue weighted by Gasteiger charge is 2.38. The van der Waals surface area contributed by atoms with E-state index < -0.39 is 0 Å². The van der Waals surface area contributed by atoms with Crippen molar-refractivity contribution in [1.29, 1.82) is 0 Å². The first-order chi connectivity index (χ1) is 10.8. The first kappa shape index (κ1) is 15.9. The largest absolute Gasteiger partial charge is 0.392 e. The van der Waals surface area contributed by atoms with Crippen LogP contribution < -0.4 is 0 Å². The summed E-state index contributed by atoms with van der Waals surface area (Å²) in [7, 11) is 1.84. The predicted molar refractivity (Wildman–Crippen MR) is 85.5 cm³/mol. The van der Waals surface area contributed by atoms with Gasteiger partial charge in [0.05, 0.1) is 25.9 Å². The quantitative estimate of drug-likeness (QED) is 0.905. The molecule has 122 valence electrons. The fourth-order valence-electron chi connectivity index (χ4n) is 3.92. The maximum atomic E-state index is 9.15. The highest BCUT2D eigenvalue weighted by Crippen LogP contribution is 2.34. The summed E-state index contributed by atoms with van der Waals surface area (Å²) < 4.78 is 11.5. The van der Waals surface area contributed by atoms with E-state index in [1.54, 1.807) is 0 Å². The molecule has 3 atom stereocenters. The number of morpholine rings is 1. The normalized spacial score (nSPS) is 29.8. The van der Waals surface area contributed by atoms with Crippen LogP contribution in [-0.2, 0) is 22.6 Å². The SMILES string of the molecule is COC1CCCC1C1COCCN1Cc1ccc(CO)cc1. The second-order valence-corrected chi connectivity index (χ2v) is 6.46. The zero-order chi connectivity index (χ0) is 15.4. The number of rotatable bonds is 5. The maximum absolute atomic E-state index is 9.15. The van der Waals surface area contributed by atoms with Crippen LogP contribution in [0.25, 0.3) is 0 Å². The second kappa shape index (κ2) is 7.55. The molecule has 1 aromatic rings. The van der Waals surface area contributed by atoms with Gasteiger partial charge in [0.15, 0.2) is 0 Å². The van der Waals surface area contributed by atoms with Crippen molar-refractivity contribution < 1.29 is 14.6 Å². The van der Waals surface area contributed by atoms with Gasteiger partial charge in [0.1, 0.15) is 0 Å². The summed E-state index contributed by atoms with van der Waals surface area (Å²) in [5, 5.41) is 9.15. The molecular formula is C18H27NO3. The van der Waals surface area contributed by atoms with Gasteiger partial charge < -0.3 is 14.6 Å². The summed E-state index contributed by atoms with van der Waals surface area (Å²) in [6.45, 7) is 3.68. The van der Waals surface area contributed by atoms with Crippen molar-refractivity contribution in [3.05, 3.63) is 35.4 Å². The lowest BCUT2D eigenvalue weighted by molar-refractivity contribution is -0.0608. The number of ether oxygens (including phenoxy) is 2. The molecule has 1 aliphatic heterocycles. The van der Waals surface area contributed by atoms with E-state index in [0.29, 0.717) is 18.1 Å². The van der Waals surface area contributed by atoms with Crippen molar-refractivity contribution in [1.82, 2.24) is 4.90 Å². The first-order valence-electron chi connectivity index (χ1n) is 8.35. The van der Waals surface area contributed by atoms with Crippen LogP contribution >= 0.6 is 0 Å². The molecule has 1 saturated heterocycles. The van der Waals surface area contributed by atoms with E-state index in [-0.39, 0.29) is 6.61 Å². The van der Waals surface area contributed by atoms with Crippen molar-refractivity contribution in [3.8, 4) is 0 Å². The van der Waals surface area contributed by atoms with Gasteiger partial charge in [-0.05, 0) is 24.0 Å². The molecule has 1 heterocycles. The zero-order valence-corrected chi connectivity index (χ0v) is 13.4. The monoisotopic (exact) mass is 305 g/mol. The van der Waals surface area contributed by atoms with Crippen molar-refractivity contribution in [3.63, 3.8) is 0 Å². The summed E-state index contributed by atoms with van der Waals surface area (Å²) in [5.41, 5.74) is 2.27. The Morgan fingerprint density at radius 2 is 2.00 bits per heavy atom. The van der Waals surface area contributed by atoms with Crippen LogP contribution in [0.4, 0.5) is 0 Å². The smallest absolute Gasteiger partial charge is 0.0681 e. The molecule has 2 fully saturated rings. The molecule has 4 heteroatoms. The lowest BCUT2D eigenvalue weighted by Crippen LogP contribution is -2.50. The second-order valence-electron chi connectivity index (χ2n) is 6.46. The molecule has 0 radical (unpaired) electrons. The number of hydrogen-bond donors (Lipinski definition) is 1. The Balaban J connectivity index is 1.69. The van der Waals surface area contributed by atoms with E-state index in [9.17, 15) is 0 Å². The Labute approximate surface area is 133 Å². The molecule has 2 aliphatic rings. The lowest BCUT2D eigenvalue weighted by atomic mass is 9.93. The average Bonchev–Trinajstić information content (AvgIpc) is 3.04. The summed E-state index contributed by atoms with van der Waals surface area (Å²) in [6, 6.07) is 8.73. The maximum Gasteiger partial charge on any atom is 0.0681 e. The van der Waals surface area contributed by atoms with Gasteiger partial charge in [-0.3, -0.25) is 4.90 Å². The molecule has 1 N–H and O–H groups in total. The highest BCUT2D eigenvalue weighted by atomic mass is 16.5. The average molecular weight is 305 g/mol. The fourth-order valence-corrected chi connectivity index (χ4v) is 3.92. The molecule has 0 amide bonds. The van der Waals surface area contributed by atoms with Crippen LogP contribution in [-0.4, -0.2) is 49.0 Å². The molecule has 22 heavy (non-hydrogen) atoms. The molecule has 3 unspecified atom stereocenters. The van der Waals surface area contributed by atoms with Gasteiger partial charge in [0.2, 0.25) is 0 Å². The van der Waals surface area contributed by atoms with Crippen LogP contribution in [0.2, 0.25) is 0 Å². The van der Waals surface area contributed by atoms with E-state index in [0.717, 1.165) is 31.9 Å². The van der Waals surface area contributed by atoms with Gasteiger partial charge in [0, 0.05) is 32.2 Å². The number of nitrogens with zero attached hydrogens (tertiary/aromatic N) is 1. The van der Waals surface area contributed by atoms with Gasteiger partial charge in [-0.15, -0.1) is 0 Å². The highest BCUT2D eigenvalue weighted by molar-refractivity contribution is 5.22. The van der Waals surface area contributed by atoms with Crippen molar-refractivity contribution in [2.75, 3.05) is 26.9 Å². The third-order valence-corrected chi connectivity index (χ3v) is 5.17. The van der Waals surface area contributed by atoms with Crippen molar-refractivity contribution in [2.45, 2.75) is 44.6 Å². The molecule has 1 saturated carbocycles. The van der Waals surface area contributed by atoms with Crippen LogP contribution in [0.5, 0.6) is 0 Å². The Kier molecular flexibility index (Phi) is 5.47. The van der Waals surface area contributed by atoms with Crippen LogP contribution in [0.3, 0.4) is 0 Å². The Morgan fingerprint density at radius 3 is 2.73 bits per heavy atom. The lowest BCUT2D eigenvalue weighted by Gasteiger charge is -2.40. The zero-order valence-electron chi connectivity index (χ0n) is 13.4. The fraction of sp³-hybridized carbons (Fsp3) is 0.667. The van der Waals surface area contributed by atoms with Crippen LogP contribution in [0.15, 0.2) is 24.3 Å². The van der Waals surface area contributed by atoms with Gasteiger partial charge >= 0.3 is 0 Å². The van der Waals surface area contributed by atoms with Gasteiger partial charge in [-0.2, -0.15) is 0 Å². The number of benzene rings is 1. The standard InChI is InChI=1S/C18H27NO3/c1-21-18-4-2-3-16(18)17-13-22-10-9-19(17)11-14-5-7-15(12-20)8-6-14/h5-8,16-18,20H,2-4,9-13H2,1H3. The van der Waals surface area contributed by atoms with Crippen molar-refractivity contribution >= 4 is 0 Å². The summed E-state index contributed by atoms with van der Waals surface area (Å²) in [4.78, 5) is 2.56. The van der Waals surface area contributed by atoms with E-state index >= 15 is 0 Å².